The molecule has 66 heavy (non-hydrogen) atoms. The van der Waals surface area contributed by atoms with Gasteiger partial charge < -0.3 is 20.3 Å². The molecule has 2 atom stereocenters. The Morgan fingerprint density at radius 2 is 0.758 bits per heavy atom. The summed E-state index contributed by atoms with van der Waals surface area (Å²) in [5, 5.41) is 23.1. The summed E-state index contributed by atoms with van der Waals surface area (Å²) in [6, 6.07) is -0.643. The van der Waals surface area contributed by atoms with Crippen LogP contribution in [0.4, 0.5) is 0 Å². The van der Waals surface area contributed by atoms with Gasteiger partial charge in [0.25, 0.3) is 0 Å². The van der Waals surface area contributed by atoms with Crippen LogP contribution in [0.25, 0.3) is 0 Å². The average molecular weight is 929 g/mol. The van der Waals surface area contributed by atoms with E-state index in [1.165, 1.54) is 218 Å². The molecular formula is C60H113NO5. The molecule has 0 aromatic carbocycles. The maximum atomic E-state index is 12.5. The first-order chi connectivity index (χ1) is 32.5. The zero-order valence-corrected chi connectivity index (χ0v) is 44.2. The molecule has 0 spiro atoms. The Morgan fingerprint density at radius 1 is 0.424 bits per heavy atom. The lowest BCUT2D eigenvalue weighted by atomic mass is 10.0. The van der Waals surface area contributed by atoms with E-state index in [9.17, 15) is 19.8 Å². The molecule has 0 bridgehead atoms. The summed E-state index contributed by atoms with van der Waals surface area (Å²) in [6.45, 7) is 4.85. The second-order valence-electron chi connectivity index (χ2n) is 20.0. The van der Waals surface area contributed by atoms with E-state index in [-0.39, 0.29) is 18.5 Å². The molecule has 1 amide bonds. The van der Waals surface area contributed by atoms with Crippen molar-refractivity contribution in [3.05, 3.63) is 36.5 Å². The number of allylic oxidation sites excluding steroid dienone is 5. The third-order valence-corrected chi connectivity index (χ3v) is 13.4. The van der Waals surface area contributed by atoms with Gasteiger partial charge in [0.2, 0.25) is 5.91 Å². The van der Waals surface area contributed by atoms with Crippen molar-refractivity contribution in [1.82, 2.24) is 5.32 Å². The van der Waals surface area contributed by atoms with Crippen LogP contribution in [-0.4, -0.2) is 47.4 Å². The SMILES string of the molecule is CCCCC/C=C\C/C=C\CCCCCCCCCCCC(=O)OCCCCCCCCCCCCCC(=O)NC(CO)C(O)/C=C/CCCCCCCCCCCCCCCCCCC. The number of carbonyl (C=O) groups excluding carboxylic acids is 2. The molecule has 0 heterocycles. The van der Waals surface area contributed by atoms with E-state index in [0.29, 0.717) is 19.4 Å². The van der Waals surface area contributed by atoms with Gasteiger partial charge in [-0.25, -0.2) is 0 Å². The first-order valence-corrected chi connectivity index (χ1v) is 29.3. The van der Waals surface area contributed by atoms with Gasteiger partial charge in [-0.1, -0.05) is 269 Å². The average Bonchev–Trinajstić information content (AvgIpc) is 3.32. The molecule has 0 aromatic rings. The number of hydrogen-bond donors (Lipinski definition) is 3. The molecule has 0 saturated heterocycles. The molecule has 0 aliphatic rings. The molecule has 0 fully saturated rings. The Labute approximate surface area is 411 Å². The Bertz CT molecular complexity index is 1070. The molecule has 2 unspecified atom stereocenters. The summed E-state index contributed by atoms with van der Waals surface area (Å²) in [4.78, 5) is 24.6. The monoisotopic (exact) mass is 928 g/mol. The van der Waals surface area contributed by atoms with Gasteiger partial charge in [0, 0.05) is 12.8 Å². The first-order valence-electron chi connectivity index (χ1n) is 29.3. The third-order valence-electron chi connectivity index (χ3n) is 13.4. The Morgan fingerprint density at radius 3 is 1.18 bits per heavy atom. The van der Waals surface area contributed by atoms with Crippen molar-refractivity contribution >= 4 is 11.9 Å². The van der Waals surface area contributed by atoms with Crippen molar-refractivity contribution < 1.29 is 24.5 Å². The Balaban J connectivity index is 3.49. The lowest BCUT2D eigenvalue weighted by Crippen LogP contribution is -2.45. The predicted molar refractivity (Wildman–Crippen MR) is 287 cm³/mol. The molecule has 6 heteroatoms. The van der Waals surface area contributed by atoms with E-state index >= 15 is 0 Å². The highest BCUT2D eigenvalue weighted by Gasteiger charge is 2.18. The van der Waals surface area contributed by atoms with Crippen LogP contribution in [0.15, 0.2) is 36.5 Å². The van der Waals surface area contributed by atoms with Crippen molar-refractivity contribution in [2.45, 2.75) is 321 Å². The van der Waals surface area contributed by atoms with Crippen molar-refractivity contribution in [3.8, 4) is 0 Å². The lowest BCUT2D eigenvalue weighted by molar-refractivity contribution is -0.143. The molecule has 0 aliphatic heterocycles. The van der Waals surface area contributed by atoms with E-state index in [0.717, 1.165) is 64.2 Å². The highest BCUT2D eigenvalue weighted by molar-refractivity contribution is 5.76. The molecule has 0 aliphatic carbocycles. The summed E-state index contributed by atoms with van der Waals surface area (Å²) in [5.41, 5.74) is 0. The van der Waals surface area contributed by atoms with Gasteiger partial charge >= 0.3 is 5.97 Å². The first kappa shape index (κ1) is 64.1. The Kier molecular flexibility index (Phi) is 54.1. The molecule has 0 saturated carbocycles. The Hall–Kier alpha value is -1.92. The van der Waals surface area contributed by atoms with E-state index in [2.05, 4.69) is 43.5 Å². The van der Waals surface area contributed by atoms with Crippen LogP contribution in [0.2, 0.25) is 0 Å². The topological polar surface area (TPSA) is 95.9 Å². The van der Waals surface area contributed by atoms with E-state index in [1.54, 1.807) is 6.08 Å². The van der Waals surface area contributed by atoms with E-state index < -0.39 is 12.1 Å². The maximum Gasteiger partial charge on any atom is 0.305 e. The molecule has 0 rings (SSSR count). The highest BCUT2D eigenvalue weighted by atomic mass is 16.5. The van der Waals surface area contributed by atoms with Gasteiger partial charge in [-0.3, -0.25) is 9.59 Å². The van der Waals surface area contributed by atoms with Gasteiger partial charge in [0.05, 0.1) is 25.4 Å². The zero-order valence-electron chi connectivity index (χ0n) is 44.2. The van der Waals surface area contributed by atoms with Crippen LogP contribution in [0.5, 0.6) is 0 Å². The van der Waals surface area contributed by atoms with Gasteiger partial charge in [0.15, 0.2) is 0 Å². The van der Waals surface area contributed by atoms with Crippen LogP contribution in [0.1, 0.15) is 309 Å². The third kappa shape index (κ3) is 51.5. The fraction of sp³-hybridized carbons (Fsp3) is 0.867. The smallest absolute Gasteiger partial charge is 0.305 e. The number of aliphatic hydroxyl groups excluding tert-OH is 2. The van der Waals surface area contributed by atoms with Gasteiger partial charge in [-0.15, -0.1) is 0 Å². The van der Waals surface area contributed by atoms with Crippen molar-refractivity contribution in [2.75, 3.05) is 13.2 Å². The second kappa shape index (κ2) is 55.7. The summed E-state index contributed by atoms with van der Waals surface area (Å²) in [5.74, 6) is -0.104. The molecular weight excluding hydrogens is 815 g/mol. The quantitative estimate of drug-likeness (QED) is 0.0321. The number of esters is 1. The number of ether oxygens (including phenoxy) is 1. The fourth-order valence-corrected chi connectivity index (χ4v) is 8.90. The van der Waals surface area contributed by atoms with Crippen LogP contribution < -0.4 is 5.32 Å². The van der Waals surface area contributed by atoms with E-state index in [1.807, 2.05) is 6.08 Å². The molecule has 388 valence electrons. The number of amides is 1. The fourth-order valence-electron chi connectivity index (χ4n) is 8.90. The van der Waals surface area contributed by atoms with Gasteiger partial charge in [-0.05, 0) is 64.2 Å². The summed E-state index contributed by atoms with van der Waals surface area (Å²) >= 11 is 0. The minimum atomic E-state index is -0.858. The van der Waals surface area contributed by atoms with Crippen LogP contribution in [0, 0.1) is 0 Å². The molecule has 0 aromatic heterocycles. The van der Waals surface area contributed by atoms with Gasteiger partial charge in [-0.2, -0.15) is 0 Å². The molecule has 6 nitrogen and oxygen atoms in total. The van der Waals surface area contributed by atoms with Crippen LogP contribution in [-0.2, 0) is 14.3 Å². The van der Waals surface area contributed by atoms with Gasteiger partial charge in [0.1, 0.15) is 0 Å². The summed E-state index contributed by atoms with van der Waals surface area (Å²) < 4.78 is 5.48. The summed E-state index contributed by atoms with van der Waals surface area (Å²) in [6.07, 6.45) is 68.7. The molecule has 0 radical (unpaired) electrons. The standard InChI is InChI=1S/C60H113NO5/c1-3-5-7-9-11-13-15-17-19-21-23-25-27-29-32-36-40-44-48-52-58(63)57(56-62)61-59(64)53-49-45-41-37-33-31-35-39-43-47-51-55-66-60(65)54-50-46-42-38-34-30-28-26-24-22-20-18-16-14-12-10-8-6-4-2/h12,14,18,20,48,52,57-58,62-63H,3-11,13,15-17,19,21-47,49-51,53-56H2,1-2H3,(H,61,64)/b14-12-,20-18-,52-48+. The normalized spacial score (nSPS) is 12.8. The minimum absolute atomic E-state index is 0.0189. The van der Waals surface area contributed by atoms with Crippen LogP contribution >= 0.6 is 0 Å². The van der Waals surface area contributed by atoms with Crippen LogP contribution in [0.3, 0.4) is 0 Å². The highest BCUT2D eigenvalue weighted by Crippen LogP contribution is 2.17. The van der Waals surface area contributed by atoms with Crippen molar-refractivity contribution in [2.24, 2.45) is 0 Å². The lowest BCUT2D eigenvalue weighted by Gasteiger charge is -2.20. The largest absolute Gasteiger partial charge is 0.466 e. The molecule has 3 N–H and O–H groups in total. The van der Waals surface area contributed by atoms with Crippen molar-refractivity contribution in [3.63, 3.8) is 0 Å². The number of hydrogen-bond acceptors (Lipinski definition) is 5. The van der Waals surface area contributed by atoms with E-state index in [4.69, 9.17) is 4.74 Å². The number of unbranched alkanes of at least 4 members (excludes halogenated alkanes) is 39. The minimum Gasteiger partial charge on any atom is -0.466 e. The number of carbonyl (C=O) groups is 2. The summed E-state index contributed by atoms with van der Waals surface area (Å²) in [7, 11) is 0. The predicted octanol–water partition coefficient (Wildman–Crippen LogP) is 18.0. The number of aliphatic hydroxyl groups is 2. The second-order valence-corrected chi connectivity index (χ2v) is 20.0. The number of rotatable bonds is 54. The van der Waals surface area contributed by atoms with Crippen molar-refractivity contribution in [1.29, 1.82) is 0 Å². The number of nitrogens with one attached hydrogen (secondary N) is 1. The zero-order chi connectivity index (χ0) is 47.9. The maximum absolute atomic E-state index is 12.5.